The Morgan fingerprint density at radius 3 is 2.89 bits per heavy atom. The van der Waals surface area contributed by atoms with Crippen molar-refractivity contribution in [1.29, 1.82) is 0 Å². The minimum absolute atomic E-state index is 0.464. The molecule has 1 fully saturated rings. The van der Waals surface area contributed by atoms with Crippen LogP contribution in [0, 0.1) is 5.92 Å². The number of hydrogen-bond acceptors (Lipinski definition) is 4. The largest absolute Gasteiger partial charge is 0.328 e. The van der Waals surface area contributed by atoms with Crippen molar-refractivity contribution in [2.24, 2.45) is 11.7 Å². The van der Waals surface area contributed by atoms with Crippen LogP contribution in [0.1, 0.15) is 42.7 Å². The fraction of sp³-hybridized carbons (Fsp3) is 0.786. The molecule has 0 amide bonds. The van der Waals surface area contributed by atoms with Gasteiger partial charge >= 0.3 is 0 Å². The third kappa shape index (κ3) is 3.48. The van der Waals surface area contributed by atoms with Crippen molar-refractivity contribution in [2.75, 3.05) is 13.1 Å². The summed E-state index contributed by atoms with van der Waals surface area (Å²) in [5.41, 5.74) is 7.18. The Balaban J connectivity index is 1.47. The Kier molecular flexibility index (Phi) is 4.42. The maximum absolute atomic E-state index is 5.99. The number of rotatable bonds is 3. The summed E-state index contributed by atoms with van der Waals surface area (Å²) in [4.78, 5) is 8.36. The van der Waals surface area contributed by atoms with Crippen LogP contribution in [0.25, 0.3) is 0 Å². The number of thiazole rings is 1. The Morgan fingerprint density at radius 1 is 1.32 bits per heavy atom. The van der Waals surface area contributed by atoms with Gasteiger partial charge in [0.15, 0.2) is 4.47 Å². The summed E-state index contributed by atoms with van der Waals surface area (Å²) < 4.78 is 0.702. The minimum Gasteiger partial charge on any atom is -0.328 e. The topological polar surface area (TPSA) is 42.1 Å². The van der Waals surface area contributed by atoms with Crippen molar-refractivity contribution >= 4 is 22.9 Å². The summed E-state index contributed by atoms with van der Waals surface area (Å²) in [6.45, 7) is 3.36. The maximum Gasteiger partial charge on any atom is 0.184 e. The molecule has 1 saturated carbocycles. The highest BCUT2D eigenvalue weighted by Crippen LogP contribution is 2.29. The lowest BCUT2D eigenvalue weighted by Crippen LogP contribution is -2.33. The van der Waals surface area contributed by atoms with Gasteiger partial charge in [-0.05, 0) is 51.0 Å². The van der Waals surface area contributed by atoms with E-state index >= 15 is 0 Å². The summed E-state index contributed by atoms with van der Waals surface area (Å²) in [7, 11) is 0. The summed E-state index contributed by atoms with van der Waals surface area (Å²) in [6.07, 6.45) is 7.52. The highest BCUT2D eigenvalue weighted by molar-refractivity contribution is 7.15. The van der Waals surface area contributed by atoms with E-state index in [1.54, 1.807) is 11.3 Å². The van der Waals surface area contributed by atoms with E-state index < -0.39 is 0 Å². The molecule has 1 aromatic rings. The molecule has 1 aromatic heterocycles. The molecule has 1 aliphatic heterocycles. The van der Waals surface area contributed by atoms with E-state index in [1.807, 2.05) is 0 Å². The smallest absolute Gasteiger partial charge is 0.184 e. The van der Waals surface area contributed by atoms with Crippen LogP contribution in [0.5, 0.6) is 0 Å². The maximum atomic E-state index is 5.99. The quantitative estimate of drug-likeness (QED) is 0.933. The van der Waals surface area contributed by atoms with Gasteiger partial charge in [-0.2, -0.15) is 0 Å². The Morgan fingerprint density at radius 2 is 2.11 bits per heavy atom. The first-order valence-electron chi connectivity index (χ1n) is 7.32. The van der Waals surface area contributed by atoms with E-state index in [9.17, 15) is 0 Å². The highest BCUT2D eigenvalue weighted by atomic mass is 35.5. The first-order valence-corrected chi connectivity index (χ1v) is 8.52. The van der Waals surface area contributed by atoms with Gasteiger partial charge in [0.25, 0.3) is 0 Å². The third-order valence-corrected chi connectivity index (χ3v) is 5.79. The number of nitrogens with zero attached hydrogens (tertiary/aromatic N) is 2. The molecule has 3 rings (SSSR count). The van der Waals surface area contributed by atoms with Gasteiger partial charge < -0.3 is 5.73 Å². The van der Waals surface area contributed by atoms with Crippen LogP contribution in [-0.2, 0) is 13.0 Å². The van der Waals surface area contributed by atoms with Crippen molar-refractivity contribution in [3.63, 3.8) is 0 Å². The van der Waals surface area contributed by atoms with Crippen molar-refractivity contribution in [3.8, 4) is 0 Å². The normalized spacial score (nSPS) is 28.3. The van der Waals surface area contributed by atoms with Gasteiger partial charge in [0.1, 0.15) is 0 Å². The van der Waals surface area contributed by atoms with Gasteiger partial charge in [0.2, 0.25) is 0 Å². The van der Waals surface area contributed by atoms with Crippen LogP contribution in [0.3, 0.4) is 0 Å². The molecular formula is C14H22ClN3S. The van der Waals surface area contributed by atoms with Crippen LogP contribution in [0.4, 0.5) is 0 Å². The molecule has 0 bridgehead atoms. The second kappa shape index (κ2) is 6.08. The molecule has 106 valence electrons. The van der Waals surface area contributed by atoms with E-state index in [0.29, 0.717) is 10.5 Å². The zero-order chi connectivity index (χ0) is 13.2. The molecule has 1 aliphatic carbocycles. The van der Waals surface area contributed by atoms with Gasteiger partial charge in [0, 0.05) is 24.0 Å². The molecule has 0 aromatic carbocycles. The Labute approximate surface area is 124 Å². The minimum atomic E-state index is 0.464. The van der Waals surface area contributed by atoms with Crippen LogP contribution in [0.2, 0.25) is 4.47 Å². The fourth-order valence-electron chi connectivity index (χ4n) is 3.25. The lowest BCUT2D eigenvalue weighted by Gasteiger charge is -2.30. The average molecular weight is 300 g/mol. The SMILES string of the molecule is NC1CCC(CCN2CCc3sc(Cl)nc3C2)CC1. The van der Waals surface area contributed by atoms with Gasteiger partial charge in [-0.1, -0.05) is 11.6 Å². The number of fused-ring (bicyclic) bond motifs is 1. The Hall–Kier alpha value is -0.160. The van der Waals surface area contributed by atoms with Gasteiger partial charge in [0.05, 0.1) is 5.69 Å². The van der Waals surface area contributed by atoms with E-state index in [1.165, 1.54) is 49.2 Å². The van der Waals surface area contributed by atoms with Crippen LogP contribution in [0.15, 0.2) is 0 Å². The van der Waals surface area contributed by atoms with E-state index in [2.05, 4.69) is 9.88 Å². The third-order valence-electron chi connectivity index (χ3n) is 4.53. The first kappa shape index (κ1) is 13.8. The van der Waals surface area contributed by atoms with E-state index in [0.717, 1.165) is 25.4 Å². The van der Waals surface area contributed by atoms with Crippen LogP contribution in [-0.4, -0.2) is 29.0 Å². The second-order valence-electron chi connectivity index (χ2n) is 5.93. The zero-order valence-corrected chi connectivity index (χ0v) is 12.8. The monoisotopic (exact) mass is 299 g/mol. The highest BCUT2D eigenvalue weighted by Gasteiger charge is 2.22. The fourth-order valence-corrected chi connectivity index (χ4v) is 4.42. The van der Waals surface area contributed by atoms with Crippen LogP contribution >= 0.6 is 22.9 Å². The lowest BCUT2D eigenvalue weighted by molar-refractivity contribution is 0.212. The van der Waals surface area contributed by atoms with Crippen molar-refractivity contribution in [1.82, 2.24) is 9.88 Å². The van der Waals surface area contributed by atoms with Crippen molar-refractivity contribution < 1.29 is 0 Å². The second-order valence-corrected chi connectivity index (χ2v) is 7.60. The standard InChI is InChI=1S/C14H22ClN3S/c15-14-17-12-9-18(8-6-13(12)19-14)7-5-10-1-3-11(16)4-2-10/h10-11H,1-9,16H2. The molecule has 0 spiro atoms. The molecule has 0 unspecified atom stereocenters. The van der Waals surface area contributed by atoms with Gasteiger partial charge in [-0.3, -0.25) is 4.90 Å². The zero-order valence-electron chi connectivity index (χ0n) is 11.3. The molecule has 0 saturated heterocycles. The number of nitrogens with two attached hydrogens (primary N) is 1. The summed E-state index contributed by atoms with van der Waals surface area (Å²) in [5.74, 6) is 0.889. The average Bonchev–Trinajstić information content (AvgIpc) is 2.77. The Bertz CT molecular complexity index is 426. The summed E-state index contributed by atoms with van der Waals surface area (Å²) in [6, 6.07) is 0.464. The number of halogens is 1. The predicted octanol–water partition coefficient (Wildman–Crippen LogP) is 3.06. The van der Waals surface area contributed by atoms with Gasteiger partial charge in [-0.15, -0.1) is 11.3 Å². The molecule has 2 N–H and O–H groups in total. The molecule has 3 nitrogen and oxygen atoms in total. The molecule has 2 aliphatic rings. The summed E-state index contributed by atoms with van der Waals surface area (Å²) in [5, 5.41) is 0. The van der Waals surface area contributed by atoms with E-state index in [4.69, 9.17) is 17.3 Å². The van der Waals surface area contributed by atoms with Crippen molar-refractivity contribution in [2.45, 2.75) is 51.1 Å². The summed E-state index contributed by atoms with van der Waals surface area (Å²) >= 11 is 7.64. The van der Waals surface area contributed by atoms with Crippen LogP contribution < -0.4 is 5.73 Å². The van der Waals surface area contributed by atoms with Crippen molar-refractivity contribution in [3.05, 3.63) is 15.0 Å². The molecule has 2 heterocycles. The predicted molar refractivity (Wildman–Crippen MR) is 80.7 cm³/mol. The lowest BCUT2D eigenvalue weighted by atomic mass is 9.84. The van der Waals surface area contributed by atoms with E-state index in [-0.39, 0.29) is 0 Å². The molecule has 19 heavy (non-hydrogen) atoms. The molecule has 5 heteroatoms. The molecule has 0 radical (unpaired) electrons. The first-order chi connectivity index (χ1) is 9.20. The van der Waals surface area contributed by atoms with Gasteiger partial charge in [-0.25, -0.2) is 4.98 Å². The number of aromatic nitrogens is 1. The molecule has 0 atom stereocenters. The molecular weight excluding hydrogens is 278 g/mol. The number of hydrogen-bond donors (Lipinski definition) is 1.